The van der Waals surface area contributed by atoms with Crippen LogP contribution in [0.15, 0.2) is 40.2 Å². The number of methoxy groups -OCH3 is 1. The minimum atomic E-state index is -0.474. The van der Waals surface area contributed by atoms with Gasteiger partial charge >= 0.3 is 0 Å². The Morgan fingerprint density at radius 1 is 1.45 bits per heavy atom. The first-order valence-electron chi connectivity index (χ1n) is 6.55. The molecule has 0 fully saturated rings. The Morgan fingerprint density at radius 2 is 2.18 bits per heavy atom. The normalized spacial score (nSPS) is 16.9. The number of benzene rings is 1. The first-order valence-corrected chi connectivity index (χ1v) is 6.55. The van der Waals surface area contributed by atoms with E-state index >= 15 is 0 Å². The van der Waals surface area contributed by atoms with Crippen molar-refractivity contribution >= 4 is 5.88 Å². The van der Waals surface area contributed by atoms with Crippen molar-refractivity contribution in [1.29, 1.82) is 5.26 Å². The molecule has 22 heavy (non-hydrogen) atoms. The molecule has 1 aliphatic rings. The van der Waals surface area contributed by atoms with Crippen LogP contribution in [0.1, 0.15) is 22.7 Å². The van der Waals surface area contributed by atoms with Crippen molar-refractivity contribution in [1.82, 2.24) is 5.16 Å². The van der Waals surface area contributed by atoms with Gasteiger partial charge in [-0.2, -0.15) is 5.26 Å². The molecule has 0 aliphatic carbocycles. The van der Waals surface area contributed by atoms with Gasteiger partial charge < -0.3 is 20.3 Å². The van der Waals surface area contributed by atoms with Crippen LogP contribution < -0.4 is 11.1 Å². The summed E-state index contributed by atoms with van der Waals surface area (Å²) in [4.78, 5) is 0. The number of halogens is 1. The van der Waals surface area contributed by atoms with E-state index in [0.29, 0.717) is 22.7 Å². The monoisotopic (exact) mass is 300 g/mol. The summed E-state index contributed by atoms with van der Waals surface area (Å²) in [5.74, 6) is -0.253. The topological polar surface area (TPSA) is 97.1 Å². The maximum absolute atomic E-state index is 13.2. The van der Waals surface area contributed by atoms with Gasteiger partial charge in [-0.15, -0.1) is 0 Å². The van der Waals surface area contributed by atoms with E-state index in [9.17, 15) is 9.65 Å². The van der Waals surface area contributed by atoms with Crippen molar-refractivity contribution in [2.45, 2.75) is 12.5 Å². The largest absolute Gasteiger partial charge is 0.384 e. The molecule has 1 atom stereocenters. The van der Waals surface area contributed by atoms with Crippen molar-refractivity contribution in [2.24, 2.45) is 5.73 Å². The summed E-state index contributed by atoms with van der Waals surface area (Å²) in [6.07, 6.45) is 0. The van der Waals surface area contributed by atoms with Crippen LogP contribution in [0.4, 0.5) is 10.3 Å². The number of rotatable bonds is 3. The van der Waals surface area contributed by atoms with E-state index in [1.165, 1.54) is 12.1 Å². The molecule has 7 heteroatoms. The van der Waals surface area contributed by atoms with Gasteiger partial charge in [-0.3, -0.25) is 0 Å². The molecule has 1 aromatic carbocycles. The Hall–Kier alpha value is -2.85. The molecule has 0 amide bonds. The average molecular weight is 300 g/mol. The van der Waals surface area contributed by atoms with Gasteiger partial charge in [-0.05, 0) is 17.7 Å². The van der Waals surface area contributed by atoms with Gasteiger partial charge in [-0.25, -0.2) is 4.39 Å². The number of fused-ring (bicyclic) bond motifs is 1. The summed E-state index contributed by atoms with van der Waals surface area (Å²) in [6, 6.07) is 8.01. The molecule has 2 heterocycles. The number of aromatic nitrogens is 1. The third kappa shape index (κ3) is 2.19. The molecule has 0 unspecified atom stereocenters. The number of ether oxygens (including phenoxy) is 1. The Labute approximate surface area is 126 Å². The molecule has 0 saturated carbocycles. The van der Waals surface area contributed by atoms with E-state index < -0.39 is 5.92 Å². The number of anilines is 1. The number of hydrogen-bond acceptors (Lipinski definition) is 6. The van der Waals surface area contributed by atoms with E-state index in [1.54, 1.807) is 19.2 Å². The van der Waals surface area contributed by atoms with Crippen LogP contribution in [0, 0.1) is 17.1 Å². The highest BCUT2D eigenvalue weighted by Crippen LogP contribution is 2.42. The second kappa shape index (κ2) is 5.50. The van der Waals surface area contributed by atoms with Crippen molar-refractivity contribution in [3.8, 4) is 6.07 Å². The Morgan fingerprint density at radius 3 is 2.82 bits per heavy atom. The maximum atomic E-state index is 13.2. The number of nitrogens with two attached hydrogens (primary N) is 1. The summed E-state index contributed by atoms with van der Waals surface area (Å²) < 4.78 is 23.5. The highest BCUT2D eigenvalue weighted by molar-refractivity contribution is 5.64. The third-order valence-corrected chi connectivity index (χ3v) is 3.52. The van der Waals surface area contributed by atoms with Gasteiger partial charge in [0, 0.05) is 7.11 Å². The van der Waals surface area contributed by atoms with E-state index in [4.69, 9.17) is 15.0 Å². The van der Waals surface area contributed by atoms with Crippen molar-refractivity contribution in [3.05, 3.63) is 58.3 Å². The number of hydrogen-bond donors (Lipinski definition) is 2. The fraction of sp³-hybridized carbons (Fsp3) is 0.200. The molecule has 3 rings (SSSR count). The quantitative estimate of drug-likeness (QED) is 0.902. The number of nitrogens with one attached hydrogen (secondary N) is 1. The molecule has 0 spiro atoms. The summed E-state index contributed by atoms with van der Waals surface area (Å²) in [6.45, 7) is 0.233. The van der Waals surface area contributed by atoms with E-state index in [2.05, 4.69) is 16.5 Å². The van der Waals surface area contributed by atoms with Gasteiger partial charge in [0.25, 0.3) is 0 Å². The molecular weight excluding hydrogens is 287 g/mol. The zero-order valence-electron chi connectivity index (χ0n) is 11.8. The average Bonchev–Trinajstić information content (AvgIpc) is 2.90. The Bertz CT molecular complexity index is 774. The third-order valence-electron chi connectivity index (χ3n) is 3.52. The van der Waals surface area contributed by atoms with Crippen molar-refractivity contribution in [2.75, 3.05) is 12.4 Å². The highest BCUT2D eigenvalue weighted by Gasteiger charge is 2.34. The molecular formula is C15H13FN4O2. The van der Waals surface area contributed by atoms with E-state index in [1.807, 2.05) is 0 Å². The second-order valence-corrected chi connectivity index (χ2v) is 4.85. The fourth-order valence-electron chi connectivity index (χ4n) is 2.56. The predicted molar refractivity (Wildman–Crippen MR) is 75.9 cm³/mol. The zero-order valence-corrected chi connectivity index (χ0v) is 11.8. The minimum absolute atomic E-state index is 0.199. The van der Waals surface area contributed by atoms with Crippen LogP contribution in [0.25, 0.3) is 0 Å². The predicted octanol–water partition coefficient (Wildman–Crippen LogP) is 2.21. The number of allylic oxidation sites excluding steroid dienone is 1. The standard InChI is InChI=1S/C15H13FN4O2/c1-21-7-11-13-12(8-2-4-9(16)5-3-8)10(6-17)14(18)19-15(13)22-20-11/h2-5,12,19H,7,18H2,1H3/t12-/m0/s1. The van der Waals surface area contributed by atoms with Gasteiger partial charge in [0.05, 0.1) is 29.7 Å². The molecule has 112 valence electrons. The SMILES string of the molecule is COCc1noc2c1[C@@H](c1ccc(F)cc1)C(C#N)=C(N)N2. The van der Waals surface area contributed by atoms with Gasteiger partial charge in [0.1, 0.15) is 17.3 Å². The highest BCUT2D eigenvalue weighted by atomic mass is 19.1. The smallest absolute Gasteiger partial charge is 0.234 e. The van der Waals surface area contributed by atoms with Crippen LogP contribution in [0.3, 0.4) is 0 Å². The molecule has 0 bridgehead atoms. The number of nitrogens with zero attached hydrogens (tertiary/aromatic N) is 2. The van der Waals surface area contributed by atoms with Crippen LogP contribution >= 0.6 is 0 Å². The molecule has 0 radical (unpaired) electrons. The molecule has 6 nitrogen and oxygen atoms in total. The first-order chi connectivity index (χ1) is 10.7. The summed E-state index contributed by atoms with van der Waals surface area (Å²) in [5.41, 5.74) is 8.21. The van der Waals surface area contributed by atoms with Crippen LogP contribution in [0.5, 0.6) is 0 Å². The lowest BCUT2D eigenvalue weighted by atomic mass is 9.83. The second-order valence-electron chi connectivity index (χ2n) is 4.85. The van der Waals surface area contributed by atoms with Gasteiger partial charge in [-0.1, -0.05) is 17.3 Å². The van der Waals surface area contributed by atoms with Gasteiger partial charge in [0.2, 0.25) is 5.88 Å². The lowest BCUT2D eigenvalue weighted by Gasteiger charge is -2.24. The van der Waals surface area contributed by atoms with Gasteiger partial charge in [0.15, 0.2) is 0 Å². The molecule has 0 saturated heterocycles. The summed E-state index contributed by atoms with van der Waals surface area (Å²) >= 11 is 0. The van der Waals surface area contributed by atoms with E-state index in [0.717, 1.165) is 5.56 Å². The molecule has 2 aromatic rings. The molecule has 3 N–H and O–H groups in total. The number of nitriles is 1. The maximum Gasteiger partial charge on any atom is 0.234 e. The minimum Gasteiger partial charge on any atom is -0.384 e. The van der Waals surface area contributed by atoms with Crippen molar-refractivity contribution in [3.63, 3.8) is 0 Å². The molecule has 1 aromatic heterocycles. The van der Waals surface area contributed by atoms with Crippen molar-refractivity contribution < 1.29 is 13.7 Å². The van der Waals surface area contributed by atoms with E-state index in [-0.39, 0.29) is 18.2 Å². The Balaban J connectivity index is 2.19. The lowest BCUT2D eigenvalue weighted by Crippen LogP contribution is -2.23. The fourth-order valence-corrected chi connectivity index (χ4v) is 2.56. The van der Waals surface area contributed by atoms with Crippen LogP contribution in [-0.2, 0) is 11.3 Å². The molecule has 1 aliphatic heterocycles. The summed E-state index contributed by atoms with van der Waals surface area (Å²) in [7, 11) is 1.54. The van der Waals surface area contributed by atoms with Crippen LogP contribution in [0.2, 0.25) is 0 Å². The summed E-state index contributed by atoms with van der Waals surface area (Å²) in [5, 5.41) is 16.2. The first kappa shape index (κ1) is 14.1. The zero-order chi connectivity index (χ0) is 15.7. The lowest BCUT2D eigenvalue weighted by molar-refractivity contribution is 0.177. The van der Waals surface area contributed by atoms with Crippen LogP contribution in [-0.4, -0.2) is 12.3 Å². The Kier molecular flexibility index (Phi) is 3.53.